The molecule has 2 amide bonds. The number of nitrogens with zero attached hydrogens (tertiary/aromatic N) is 3. The predicted octanol–water partition coefficient (Wildman–Crippen LogP) is 2.55. The first-order chi connectivity index (χ1) is 15.4. The van der Waals surface area contributed by atoms with Crippen molar-refractivity contribution in [2.75, 3.05) is 18.6 Å². The summed E-state index contributed by atoms with van der Waals surface area (Å²) in [6.07, 6.45) is 3.99. The van der Waals surface area contributed by atoms with Gasteiger partial charge in [0.15, 0.2) is 5.69 Å². The number of carbonyl (C=O) groups excluding carboxylic acids is 3. The molecule has 0 bridgehead atoms. The molecule has 1 aliphatic carbocycles. The van der Waals surface area contributed by atoms with Crippen molar-refractivity contribution in [1.29, 1.82) is 0 Å². The molecule has 0 saturated heterocycles. The monoisotopic (exact) mass is 440 g/mol. The average molecular weight is 441 g/mol. The molecule has 0 radical (unpaired) electrons. The van der Waals surface area contributed by atoms with Gasteiger partial charge in [-0.05, 0) is 38.8 Å². The fourth-order valence-corrected chi connectivity index (χ4v) is 4.49. The molecule has 0 unspecified atom stereocenters. The van der Waals surface area contributed by atoms with Gasteiger partial charge in [0.05, 0.1) is 25.9 Å². The summed E-state index contributed by atoms with van der Waals surface area (Å²) in [6.45, 7) is 3.71. The van der Waals surface area contributed by atoms with Gasteiger partial charge in [-0.2, -0.15) is 5.10 Å². The van der Waals surface area contributed by atoms with E-state index in [4.69, 9.17) is 9.47 Å². The molecule has 1 aromatic carbocycles. The Morgan fingerprint density at radius 2 is 1.97 bits per heavy atom. The highest BCUT2D eigenvalue weighted by atomic mass is 16.5. The van der Waals surface area contributed by atoms with Crippen LogP contribution in [-0.2, 0) is 16.1 Å². The SMILES string of the molecule is CCOC(=O)c1cc2n(n1)C[C@](C)(C(=O)NC1CCCC1)N(c1ccccc1OC)C2=O. The Morgan fingerprint density at radius 1 is 1.25 bits per heavy atom. The van der Waals surface area contributed by atoms with Crippen molar-refractivity contribution in [3.8, 4) is 5.75 Å². The molecule has 0 spiro atoms. The average Bonchev–Trinajstić information content (AvgIpc) is 3.44. The largest absolute Gasteiger partial charge is 0.495 e. The quantitative estimate of drug-likeness (QED) is 0.693. The third-order valence-electron chi connectivity index (χ3n) is 6.14. The highest BCUT2D eigenvalue weighted by molar-refractivity contribution is 6.13. The molecule has 1 saturated carbocycles. The van der Waals surface area contributed by atoms with Gasteiger partial charge in [0.1, 0.15) is 17.0 Å². The standard InChI is InChI=1S/C23H28N4O5/c1-4-32-21(29)16-13-18-20(28)27(17-11-7-8-12-19(17)31-3)23(2,14-26(18)25-16)22(30)24-15-9-5-6-10-15/h7-8,11-13,15H,4-6,9-10,14H2,1-3H3,(H,24,30)/t23-/m1/s1. The van der Waals surface area contributed by atoms with Crippen LogP contribution in [0, 0.1) is 0 Å². The number of aromatic nitrogens is 2. The lowest BCUT2D eigenvalue weighted by molar-refractivity contribution is -0.127. The number of para-hydroxylation sites is 2. The second kappa shape index (κ2) is 8.64. The number of fused-ring (bicyclic) bond motifs is 1. The smallest absolute Gasteiger partial charge is 0.358 e. The molecule has 2 aromatic rings. The van der Waals surface area contributed by atoms with Gasteiger partial charge in [0, 0.05) is 12.1 Å². The van der Waals surface area contributed by atoms with Crippen molar-refractivity contribution in [1.82, 2.24) is 15.1 Å². The summed E-state index contributed by atoms with van der Waals surface area (Å²) < 4.78 is 12.0. The zero-order valence-electron chi connectivity index (χ0n) is 18.6. The van der Waals surface area contributed by atoms with Crippen molar-refractivity contribution in [2.24, 2.45) is 0 Å². The highest BCUT2D eigenvalue weighted by Gasteiger charge is 2.50. The van der Waals surface area contributed by atoms with Gasteiger partial charge in [-0.1, -0.05) is 25.0 Å². The zero-order chi connectivity index (χ0) is 22.9. The van der Waals surface area contributed by atoms with E-state index in [2.05, 4.69) is 10.4 Å². The molecule has 170 valence electrons. The lowest BCUT2D eigenvalue weighted by atomic mass is 9.93. The molecule has 32 heavy (non-hydrogen) atoms. The van der Waals surface area contributed by atoms with E-state index in [1.807, 2.05) is 0 Å². The summed E-state index contributed by atoms with van der Waals surface area (Å²) in [6, 6.07) is 8.58. The summed E-state index contributed by atoms with van der Waals surface area (Å²) >= 11 is 0. The van der Waals surface area contributed by atoms with Crippen LogP contribution in [0.4, 0.5) is 5.69 Å². The minimum absolute atomic E-state index is 0.0376. The number of methoxy groups -OCH3 is 1. The fraction of sp³-hybridized carbons (Fsp3) is 0.478. The third-order valence-corrected chi connectivity index (χ3v) is 6.14. The van der Waals surface area contributed by atoms with E-state index >= 15 is 0 Å². The lowest BCUT2D eigenvalue weighted by Gasteiger charge is -2.43. The van der Waals surface area contributed by atoms with Crippen LogP contribution in [0.1, 0.15) is 60.5 Å². The van der Waals surface area contributed by atoms with Crippen LogP contribution in [0.15, 0.2) is 30.3 Å². The maximum atomic E-state index is 13.7. The van der Waals surface area contributed by atoms with Gasteiger partial charge < -0.3 is 14.8 Å². The number of rotatable bonds is 6. The van der Waals surface area contributed by atoms with Crippen LogP contribution < -0.4 is 15.0 Å². The van der Waals surface area contributed by atoms with Crippen molar-refractivity contribution in [3.05, 3.63) is 41.7 Å². The van der Waals surface area contributed by atoms with Gasteiger partial charge in [0.2, 0.25) is 5.91 Å². The van der Waals surface area contributed by atoms with E-state index in [1.165, 1.54) is 22.8 Å². The van der Waals surface area contributed by atoms with Crippen molar-refractivity contribution in [2.45, 2.75) is 57.7 Å². The number of esters is 1. The molecule has 1 atom stereocenters. The maximum absolute atomic E-state index is 13.7. The molecule has 1 aromatic heterocycles. The van der Waals surface area contributed by atoms with Gasteiger partial charge >= 0.3 is 5.97 Å². The number of anilines is 1. The Labute approximate surface area is 186 Å². The maximum Gasteiger partial charge on any atom is 0.358 e. The number of hydrogen-bond acceptors (Lipinski definition) is 6. The number of benzene rings is 1. The molecule has 9 heteroatoms. The number of nitrogens with one attached hydrogen (secondary N) is 1. The van der Waals surface area contributed by atoms with Crippen LogP contribution >= 0.6 is 0 Å². The number of hydrogen-bond donors (Lipinski definition) is 1. The topological polar surface area (TPSA) is 103 Å². The first-order valence-electron chi connectivity index (χ1n) is 10.9. The molecule has 1 fully saturated rings. The number of amides is 2. The van der Waals surface area contributed by atoms with E-state index < -0.39 is 17.4 Å². The van der Waals surface area contributed by atoms with Crippen molar-refractivity contribution in [3.63, 3.8) is 0 Å². The molecule has 2 aliphatic rings. The van der Waals surface area contributed by atoms with Crippen LogP contribution in [0.5, 0.6) is 5.75 Å². The molecular weight excluding hydrogens is 412 g/mol. The van der Waals surface area contributed by atoms with E-state index in [0.29, 0.717) is 11.4 Å². The predicted molar refractivity (Wildman–Crippen MR) is 117 cm³/mol. The Morgan fingerprint density at radius 3 is 2.66 bits per heavy atom. The minimum atomic E-state index is -1.28. The lowest BCUT2D eigenvalue weighted by Crippen LogP contribution is -2.65. The summed E-state index contributed by atoms with van der Waals surface area (Å²) in [5.41, 5.74) is -0.547. The first kappa shape index (κ1) is 21.9. The van der Waals surface area contributed by atoms with Crippen LogP contribution in [0.25, 0.3) is 0 Å². The Balaban J connectivity index is 1.79. The van der Waals surface area contributed by atoms with E-state index in [1.54, 1.807) is 38.1 Å². The van der Waals surface area contributed by atoms with Gasteiger partial charge in [-0.25, -0.2) is 4.79 Å². The fourth-order valence-electron chi connectivity index (χ4n) is 4.49. The second-order valence-corrected chi connectivity index (χ2v) is 8.33. The van der Waals surface area contributed by atoms with Crippen LogP contribution in [0.2, 0.25) is 0 Å². The zero-order valence-corrected chi connectivity index (χ0v) is 18.6. The number of carbonyl (C=O) groups is 3. The second-order valence-electron chi connectivity index (χ2n) is 8.33. The molecule has 4 rings (SSSR count). The molecule has 1 N–H and O–H groups in total. The Bertz CT molecular complexity index is 1040. The number of ether oxygens (including phenoxy) is 2. The highest BCUT2D eigenvalue weighted by Crippen LogP contribution is 2.38. The van der Waals surface area contributed by atoms with E-state index in [-0.39, 0.29) is 36.5 Å². The summed E-state index contributed by atoms with van der Waals surface area (Å²) in [5, 5.41) is 7.40. The molecule has 2 heterocycles. The first-order valence-corrected chi connectivity index (χ1v) is 10.9. The summed E-state index contributed by atoms with van der Waals surface area (Å²) in [5.74, 6) is -0.835. The minimum Gasteiger partial charge on any atom is -0.495 e. The third kappa shape index (κ3) is 3.72. The van der Waals surface area contributed by atoms with Gasteiger partial charge in [-0.3, -0.25) is 19.2 Å². The summed E-state index contributed by atoms with van der Waals surface area (Å²) in [4.78, 5) is 41.0. The Kier molecular flexibility index (Phi) is 5.90. The molecular formula is C23H28N4O5. The Hall–Kier alpha value is -3.36. The van der Waals surface area contributed by atoms with Crippen LogP contribution in [0.3, 0.4) is 0 Å². The molecule has 1 aliphatic heterocycles. The van der Waals surface area contributed by atoms with Gasteiger partial charge in [0.25, 0.3) is 5.91 Å². The van der Waals surface area contributed by atoms with Crippen molar-refractivity contribution >= 4 is 23.5 Å². The van der Waals surface area contributed by atoms with Gasteiger partial charge in [-0.15, -0.1) is 0 Å². The normalized spacial score (nSPS) is 20.7. The van der Waals surface area contributed by atoms with Crippen molar-refractivity contribution < 1.29 is 23.9 Å². The van der Waals surface area contributed by atoms with E-state index in [9.17, 15) is 14.4 Å². The van der Waals surface area contributed by atoms with E-state index in [0.717, 1.165) is 25.7 Å². The summed E-state index contributed by atoms with van der Waals surface area (Å²) in [7, 11) is 1.52. The van der Waals surface area contributed by atoms with Crippen LogP contribution in [-0.4, -0.2) is 52.9 Å². The molecule has 9 nitrogen and oxygen atoms in total.